The zero-order chi connectivity index (χ0) is 17.6. The van der Waals surface area contributed by atoms with E-state index >= 15 is 0 Å². The van der Waals surface area contributed by atoms with Gasteiger partial charge < -0.3 is 9.88 Å². The van der Waals surface area contributed by atoms with Crippen LogP contribution in [-0.2, 0) is 4.79 Å². The number of hydrogen-bond acceptors (Lipinski definition) is 2. The Kier molecular flexibility index (Phi) is 3.97. The molecule has 0 aliphatic carbocycles. The van der Waals surface area contributed by atoms with Crippen molar-refractivity contribution in [3.63, 3.8) is 0 Å². The summed E-state index contributed by atoms with van der Waals surface area (Å²) in [6, 6.07) is 7.33. The molecular formula is C18H18ClN3O2. The molecule has 5 nitrogen and oxygen atoms in total. The molecule has 1 N–H and O–H groups in total. The van der Waals surface area contributed by atoms with Crippen LogP contribution in [0.2, 0.25) is 5.02 Å². The Balaban J connectivity index is 2.10. The van der Waals surface area contributed by atoms with Gasteiger partial charge >= 0.3 is 6.03 Å². The van der Waals surface area contributed by atoms with Gasteiger partial charge in [0, 0.05) is 29.1 Å². The lowest BCUT2D eigenvalue weighted by molar-refractivity contribution is -0.121. The second-order valence-electron chi connectivity index (χ2n) is 5.95. The molecule has 0 bridgehead atoms. The first kappa shape index (κ1) is 16.3. The van der Waals surface area contributed by atoms with Crippen LogP contribution in [0, 0.1) is 20.8 Å². The molecule has 3 amide bonds. The number of halogens is 1. The van der Waals surface area contributed by atoms with Gasteiger partial charge in [0.1, 0.15) is 5.70 Å². The molecule has 1 fully saturated rings. The molecule has 2 aromatic rings. The van der Waals surface area contributed by atoms with Gasteiger partial charge in [-0.3, -0.25) is 9.69 Å². The van der Waals surface area contributed by atoms with Crippen LogP contribution < -0.4 is 5.32 Å². The number of carbonyl (C=O) groups is 2. The molecular weight excluding hydrogens is 326 g/mol. The van der Waals surface area contributed by atoms with Crippen molar-refractivity contribution in [3.05, 3.63) is 57.5 Å². The summed E-state index contributed by atoms with van der Waals surface area (Å²) in [4.78, 5) is 24.7. The topological polar surface area (TPSA) is 54.3 Å². The fraction of sp³-hybridized carbons (Fsp3) is 0.222. The van der Waals surface area contributed by atoms with Gasteiger partial charge in [-0.05, 0) is 56.2 Å². The van der Waals surface area contributed by atoms with Crippen molar-refractivity contribution in [2.45, 2.75) is 20.8 Å². The van der Waals surface area contributed by atoms with E-state index in [0.29, 0.717) is 5.02 Å². The lowest BCUT2D eigenvalue weighted by atomic mass is 10.2. The predicted molar refractivity (Wildman–Crippen MR) is 94.3 cm³/mol. The zero-order valence-electron chi connectivity index (χ0n) is 14.0. The molecule has 1 aromatic heterocycles. The maximum Gasteiger partial charge on any atom is 0.328 e. The lowest BCUT2D eigenvalue weighted by Gasteiger charge is -2.13. The number of carbonyl (C=O) groups excluding carboxylic acids is 2. The Morgan fingerprint density at radius 2 is 1.83 bits per heavy atom. The SMILES string of the molecule is Cc1ccc(Cl)cc1-n1c(C)cc(/C=C2/NC(=O)N(C)C2=O)c1C. The molecule has 0 unspecified atom stereocenters. The highest BCUT2D eigenvalue weighted by Crippen LogP contribution is 2.27. The van der Waals surface area contributed by atoms with Gasteiger partial charge in [-0.25, -0.2) is 4.79 Å². The molecule has 0 saturated carbocycles. The summed E-state index contributed by atoms with van der Waals surface area (Å²) in [6.45, 7) is 6.00. The Hall–Kier alpha value is -2.53. The summed E-state index contributed by atoms with van der Waals surface area (Å²) in [5.41, 5.74) is 5.26. The van der Waals surface area contributed by atoms with Crippen molar-refractivity contribution < 1.29 is 9.59 Å². The number of nitrogens with one attached hydrogen (secondary N) is 1. The second kappa shape index (κ2) is 5.83. The van der Waals surface area contributed by atoms with E-state index in [1.807, 2.05) is 45.0 Å². The monoisotopic (exact) mass is 343 g/mol. The number of imide groups is 1. The van der Waals surface area contributed by atoms with E-state index in [9.17, 15) is 9.59 Å². The van der Waals surface area contributed by atoms with E-state index in [1.165, 1.54) is 7.05 Å². The molecule has 0 atom stereocenters. The molecule has 0 radical (unpaired) electrons. The normalized spacial score (nSPS) is 16.2. The van der Waals surface area contributed by atoms with Gasteiger partial charge in [0.25, 0.3) is 5.91 Å². The van der Waals surface area contributed by atoms with E-state index in [-0.39, 0.29) is 11.6 Å². The molecule has 24 heavy (non-hydrogen) atoms. The minimum absolute atomic E-state index is 0.283. The third-order valence-electron chi connectivity index (χ3n) is 4.26. The summed E-state index contributed by atoms with van der Waals surface area (Å²) in [5, 5.41) is 3.26. The summed E-state index contributed by atoms with van der Waals surface area (Å²) >= 11 is 6.14. The van der Waals surface area contributed by atoms with Crippen LogP contribution in [0.15, 0.2) is 30.0 Å². The summed E-state index contributed by atoms with van der Waals surface area (Å²) in [6.07, 6.45) is 1.71. The molecule has 2 heterocycles. The average Bonchev–Trinajstić information content (AvgIpc) is 2.93. The molecule has 1 saturated heterocycles. The molecule has 1 aliphatic heterocycles. The van der Waals surface area contributed by atoms with Crippen LogP contribution in [0.4, 0.5) is 4.79 Å². The third-order valence-corrected chi connectivity index (χ3v) is 4.50. The molecule has 1 aromatic carbocycles. The van der Waals surface area contributed by atoms with Crippen molar-refractivity contribution in [2.75, 3.05) is 7.05 Å². The summed E-state index contributed by atoms with van der Waals surface area (Å²) < 4.78 is 2.10. The maximum atomic E-state index is 12.0. The van der Waals surface area contributed by atoms with Crippen molar-refractivity contribution in [1.29, 1.82) is 0 Å². The van der Waals surface area contributed by atoms with Gasteiger partial charge in [-0.2, -0.15) is 0 Å². The van der Waals surface area contributed by atoms with E-state index in [2.05, 4.69) is 9.88 Å². The first-order valence-electron chi connectivity index (χ1n) is 7.56. The minimum Gasteiger partial charge on any atom is -0.318 e. The van der Waals surface area contributed by atoms with Crippen LogP contribution in [0.3, 0.4) is 0 Å². The Morgan fingerprint density at radius 1 is 1.12 bits per heavy atom. The Labute approximate surface area is 145 Å². The first-order chi connectivity index (χ1) is 11.3. The zero-order valence-corrected chi connectivity index (χ0v) is 14.7. The van der Waals surface area contributed by atoms with Crippen LogP contribution in [0.5, 0.6) is 0 Å². The van der Waals surface area contributed by atoms with Gasteiger partial charge in [0.2, 0.25) is 0 Å². The first-order valence-corrected chi connectivity index (χ1v) is 7.93. The van der Waals surface area contributed by atoms with Crippen molar-refractivity contribution in [3.8, 4) is 5.69 Å². The van der Waals surface area contributed by atoms with Crippen LogP contribution >= 0.6 is 11.6 Å². The Morgan fingerprint density at radius 3 is 2.46 bits per heavy atom. The minimum atomic E-state index is -0.411. The number of urea groups is 1. The molecule has 124 valence electrons. The number of aryl methyl sites for hydroxylation is 2. The number of amides is 3. The summed E-state index contributed by atoms with van der Waals surface area (Å²) in [5.74, 6) is -0.330. The van der Waals surface area contributed by atoms with Crippen LogP contribution in [0.1, 0.15) is 22.5 Å². The number of benzene rings is 1. The van der Waals surface area contributed by atoms with Gasteiger partial charge in [0.05, 0.1) is 0 Å². The van der Waals surface area contributed by atoms with Crippen LogP contribution in [-0.4, -0.2) is 28.5 Å². The second-order valence-corrected chi connectivity index (χ2v) is 6.38. The van der Waals surface area contributed by atoms with Gasteiger partial charge in [-0.15, -0.1) is 0 Å². The van der Waals surface area contributed by atoms with E-state index in [4.69, 9.17) is 11.6 Å². The van der Waals surface area contributed by atoms with E-state index < -0.39 is 6.03 Å². The number of rotatable bonds is 2. The van der Waals surface area contributed by atoms with Crippen LogP contribution in [0.25, 0.3) is 11.8 Å². The lowest BCUT2D eigenvalue weighted by Crippen LogP contribution is -2.25. The Bertz CT molecular complexity index is 896. The quantitative estimate of drug-likeness (QED) is 0.669. The number of aromatic nitrogens is 1. The van der Waals surface area contributed by atoms with Gasteiger partial charge in [-0.1, -0.05) is 17.7 Å². The number of hydrogen-bond donors (Lipinski definition) is 1. The molecule has 6 heteroatoms. The standard InChI is InChI=1S/C18H18ClN3O2/c1-10-5-6-14(19)9-16(10)22-11(2)7-13(12(22)3)8-15-17(23)21(4)18(24)20-15/h5-9H,1-4H3,(H,20,24)/b15-8+. The highest BCUT2D eigenvalue weighted by molar-refractivity contribution is 6.30. The number of likely N-dealkylation sites (N-methyl/N-ethyl adjacent to an activating group) is 1. The summed E-state index contributed by atoms with van der Waals surface area (Å²) in [7, 11) is 1.46. The van der Waals surface area contributed by atoms with Crippen molar-refractivity contribution in [2.24, 2.45) is 0 Å². The van der Waals surface area contributed by atoms with Gasteiger partial charge in [0.15, 0.2) is 0 Å². The third kappa shape index (κ3) is 2.61. The average molecular weight is 344 g/mol. The largest absolute Gasteiger partial charge is 0.328 e. The fourth-order valence-electron chi connectivity index (χ4n) is 2.91. The molecule has 3 rings (SSSR count). The van der Waals surface area contributed by atoms with Crippen molar-refractivity contribution >= 4 is 29.6 Å². The van der Waals surface area contributed by atoms with E-state index in [1.54, 1.807) is 6.08 Å². The van der Waals surface area contributed by atoms with E-state index in [0.717, 1.165) is 33.1 Å². The predicted octanol–water partition coefficient (Wildman–Crippen LogP) is 3.58. The smallest absolute Gasteiger partial charge is 0.318 e. The number of nitrogens with zero attached hydrogens (tertiary/aromatic N) is 2. The molecule has 0 spiro atoms. The highest BCUT2D eigenvalue weighted by Gasteiger charge is 2.30. The van der Waals surface area contributed by atoms with Crippen molar-refractivity contribution in [1.82, 2.24) is 14.8 Å². The maximum absolute atomic E-state index is 12.0. The fourth-order valence-corrected chi connectivity index (χ4v) is 3.07. The molecule has 1 aliphatic rings. The highest BCUT2D eigenvalue weighted by atomic mass is 35.5.